The Kier molecular flexibility index (Phi) is 7.26. The largest absolute Gasteiger partial charge is 0.490 e. The zero-order valence-electron chi connectivity index (χ0n) is 17.2. The summed E-state index contributed by atoms with van der Waals surface area (Å²) in [4.78, 5) is 16.8. The summed E-state index contributed by atoms with van der Waals surface area (Å²) < 4.78 is 19.0. The molecule has 3 aromatic rings. The fourth-order valence-electron chi connectivity index (χ4n) is 3.12. The number of hydrogen-bond donors (Lipinski definition) is 0. The lowest BCUT2D eigenvalue weighted by Crippen LogP contribution is -2.05. The van der Waals surface area contributed by atoms with E-state index in [4.69, 9.17) is 14.2 Å². The Labute approximate surface area is 208 Å². The lowest BCUT2D eigenvalue weighted by atomic mass is 10.1. The fourth-order valence-corrected chi connectivity index (χ4v) is 4.30. The molecule has 0 N–H and O–H groups in total. The number of benzene rings is 3. The highest BCUT2D eigenvalue weighted by atomic mass is 127. The predicted molar refractivity (Wildman–Crippen MR) is 136 cm³/mol. The van der Waals surface area contributed by atoms with Crippen molar-refractivity contribution in [2.45, 2.75) is 13.5 Å². The molecule has 0 saturated carbocycles. The number of aliphatic imine (C=N–C) groups is 1. The molecule has 7 heteroatoms. The van der Waals surface area contributed by atoms with Crippen molar-refractivity contribution < 1.29 is 19.0 Å². The van der Waals surface area contributed by atoms with Gasteiger partial charge in [0.05, 0.1) is 10.2 Å². The molecule has 5 nitrogen and oxygen atoms in total. The summed E-state index contributed by atoms with van der Waals surface area (Å²) in [5.74, 6) is 1.08. The van der Waals surface area contributed by atoms with Gasteiger partial charge in [0.15, 0.2) is 17.2 Å². The summed E-state index contributed by atoms with van der Waals surface area (Å²) in [6, 6.07) is 21.2. The second-order valence-electron chi connectivity index (χ2n) is 6.88. The second-order valence-corrected chi connectivity index (χ2v) is 8.96. The van der Waals surface area contributed by atoms with Crippen molar-refractivity contribution in [3.63, 3.8) is 0 Å². The van der Waals surface area contributed by atoms with Crippen LogP contribution >= 0.6 is 38.5 Å². The Morgan fingerprint density at radius 1 is 1.06 bits per heavy atom. The van der Waals surface area contributed by atoms with E-state index in [0.717, 1.165) is 24.7 Å². The van der Waals surface area contributed by atoms with Crippen LogP contribution in [0.3, 0.4) is 0 Å². The molecule has 162 valence electrons. The minimum atomic E-state index is -0.489. The van der Waals surface area contributed by atoms with E-state index in [9.17, 15) is 4.79 Å². The number of nitrogens with zero attached hydrogens (tertiary/aromatic N) is 1. The van der Waals surface area contributed by atoms with Gasteiger partial charge in [0.2, 0.25) is 5.90 Å². The van der Waals surface area contributed by atoms with Crippen molar-refractivity contribution in [1.29, 1.82) is 0 Å². The second kappa shape index (κ2) is 10.3. The van der Waals surface area contributed by atoms with Crippen molar-refractivity contribution in [3.8, 4) is 11.5 Å². The maximum Gasteiger partial charge on any atom is 0.363 e. The van der Waals surface area contributed by atoms with Crippen LogP contribution in [0.5, 0.6) is 11.5 Å². The minimum Gasteiger partial charge on any atom is -0.490 e. The lowest BCUT2D eigenvalue weighted by Gasteiger charge is -2.15. The predicted octanol–water partition coefficient (Wildman–Crippen LogP) is 6.38. The molecule has 0 amide bonds. The molecule has 3 aromatic carbocycles. The van der Waals surface area contributed by atoms with Gasteiger partial charge in [-0.3, -0.25) is 0 Å². The van der Waals surface area contributed by atoms with Crippen molar-refractivity contribution >= 4 is 56.5 Å². The van der Waals surface area contributed by atoms with Crippen molar-refractivity contribution in [2.75, 3.05) is 6.61 Å². The molecular formula is C25H19BrINO4. The normalized spacial score (nSPS) is 14.3. The molecule has 4 rings (SSSR count). The summed E-state index contributed by atoms with van der Waals surface area (Å²) in [7, 11) is 0. The van der Waals surface area contributed by atoms with Crippen LogP contribution in [0, 0.1) is 3.57 Å². The van der Waals surface area contributed by atoms with Gasteiger partial charge in [0.25, 0.3) is 0 Å². The van der Waals surface area contributed by atoms with Crippen LogP contribution in [0.1, 0.15) is 23.6 Å². The van der Waals surface area contributed by atoms with Crippen LogP contribution in [0.15, 0.2) is 81.9 Å². The molecule has 0 aliphatic carbocycles. The molecule has 0 atom stereocenters. The Bertz CT molecular complexity index is 1210. The van der Waals surface area contributed by atoms with Crippen LogP contribution in [0.4, 0.5) is 0 Å². The first kappa shape index (κ1) is 22.5. The monoisotopic (exact) mass is 603 g/mol. The highest BCUT2D eigenvalue weighted by Crippen LogP contribution is 2.36. The van der Waals surface area contributed by atoms with Gasteiger partial charge in [-0.25, -0.2) is 9.79 Å². The number of cyclic esters (lactones) is 1. The van der Waals surface area contributed by atoms with Crippen molar-refractivity contribution in [1.82, 2.24) is 0 Å². The van der Waals surface area contributed by atoms with E-state index in [1.807, 2.05) is 73.7 Å². The van der Waals surface area contributed by atoms with Crippen LogP contribution in [-0.2, 0) is 16.1 Å². The van der Waals surface area contributed by atoms with Gasteiger partial charge in [-0.05, 0) is 77.0 Å². The van der Waals surface area contributed by atoms with E-state index < -0.39 is 5.97 Å². The fraction of sp³-hybridized carbons (Fsp3) is 0.120. The van der Waals surface area contributed by atoms with Crippen molar-refractivity contribution in [2.24, 2.45) is 4.99 Å². The van der Waals surface area contributed by atoms with Gasteiger partial charge in [0, 0.05) is 10.0 Å². The molecule has 0 aromatic heterocycles. The maximum atomic E-state index is 12.4. The molecular weight excluding hydrogens is 585 g/mol. The van der Waals surface area contributed by atoms with E-state index >= 15 is 0 Å². The molecule has 0 spiro atoms. The SMILES string of the molecule is CCOc1cc(/C=C2\N=C(c3cccc(Br)c3)OC2=O)cc(I)c1OCc1ccccc1. The zero-order valence-corrected chi connectivity index (χ0v) is 20.9. The Balaban J connectivity index is 1.62. The lowest BCUT2D eigenvalue weighted by molar-refractivity contribution is -0.129. The summed E-state index contributed by atoms with van der Waals surface area (Å²) in [5, 5.41) is 0. The van der Waals surface area contributed by atoms with E-state index in [0.29, 0.717) is 24.7 Å². The number of carbonyl (C=O) groups excluding carboxylic acids is 1. The number of halogens is 2. The first-order valence-electron chi connectivity index (χ1n) is 9.95. The number of rotatable bonds is 7. The van der Waals surface area contributed by atoms with Gasteiger partial charge < -0.3 is 14.2 Å². The number of carbonyl (C=O) groups is 1. The van der Waals surface area contributed by atoms with Gasteiger partial charge >= 0.3 is 5.97 Å². The topological polar surface area (TPSA) is 57.1 Å². The minimum absolute atomic E-state index is 0.233. The number of ether oxygens (including phenoxy) is 3. The van der Waals surface area contributed by atoms with Crippen LogP contribution in [0.25, 0.3) is 6.08 Å². The quantitative estimate of drug-likeness (QED) is 0.179. The highest BCUT2D eigenvalue weighted by molar-refractivity contribution is 14.1. The van der Waals surface area contributed by atoms with Gasteiger partial charge in [-0.2, -0.15) is 0 Å². The van der Waals surface area contributed by atoms with Crippen LogP contribution < -0.4 is 9.47 Å². The molecule has 1 heterocycles. The zero-order chi connectivity index (χ0) is 22.5. The third kappa shape index (κ3) is 5.39. The average Bonchev–Trinajstić information content (AvgIpc) is 3.14. The summed E-state index contributed by atoms with van der Waals surface area (Å²) in [5.41, 5.74) is 2.80. The van der Waals surface area contributed by atoms with Gasteiger partial charge in [0.1, 0.15) is 6.61 Å². The Morgan fingerprint density at radius 3 is 2.62 bits per heavy atom. The van der Waals surface area contributed by atoms with E-state index in [2.05, 4.69) is 43.5 Å². The summed E-state index contributed by atoms with van der Waals surface area (Å²) in [6.45, 7) is 2.84. The molecule has 0 saturated heterocycles. The molecule has 1 aliphatic heterocycles. The van der Waals surface area contributed by atoms with E-state index in [-0.39, 0.29) is 11.6 Å². The third-order valence-electron chi connectivity index (χ3n) is 4.55. The third-order valence-corrected chi connectivity index (χ3v) is 5.85. The molecule has 0 bridgehead atoms. The molecule has 1 aliphatic rings. The summed E-state index contributed by atoms with van der Waals surface area (Å²) in [6.07, 6.45) is 1.69. The highest BCUT2D eigenvalue weighted by Gasteiger charge is 2.24. The Hall–Kier alpha value is -2.65. The van der Waals surface area contributed by atoms with Gasteiger partial charge in [-0.1, -0.05) is 52.3 Å². The van der Waals surface area contributed by atoms with E-state index in [1.165, 1.54) is 0 Å². The van der Waals surface area contributed by atoms with Crippen LogP contribution in [0.2, 0.25) is 0 Å². The molecule has 0 fully saturated rings. The average molecular weight is 604 g/mol. The standard InChI is InChI=1S/C25H19BrINO4/c1-2-30-22-13-17(11-20(27)23(22)31-15-16-7-4-3-5-8-16)12-21-25(29)32-24(28-21)18-9-6-10-19(26)14-18/h3-14H,2,15H2,1H3/b21-12-. The van der Waals surface area contributed by atoms with Crippen molar-refractivity contribution in [3.05, 3.63) is 97.2 Å². The van der Waals surface area contributed by atoms with Gasteiger partial charge in [-0.15, -0.1) is 0 Å². The Morgan fingerprint density at radius 2 is 1.88 bits per heavy atom. The molecule has 32 heavy (non-hydrogen) atoms. The first-order chi connectivity index (χ1) is 15.5. The molecule has 0 unspecified atom stereocenters. The number of esters is 1. The summed E-state index contributed by atoms with van der Waals surface area (Å²) >= 11 is 5.63. The maximum absolute atomic E-state index is 12.4. The molecule has 0 radical (unpaired) electrons. The number of hydrogen-bond acceptors (Lipinski definition) is 5. The smallest absolute Gasteiger partial charge is 0.363 e. The van der Waals surface area contributed by atoms with Crippen LogP contribution in [-0.4, -0.2) is 18.5 Å². The first-order valence-corrected chi connectivity index (χ1v) is 11.8. The van der Waals surface area contributed by atoms with E-state index in [1.54, 1.807) is 6.08 Å².